The molecule has 4 heteroatoms. The van der Waals surface area contributed by atoms with Gasteiger partial charge < -0.3 is 9.55 Å². The van der Waals surface area contributed by atoms with Crippen molar-refractivity contribution >= 4 is 34.6 Å². The van der Waals surface area contributed by atoms with Crippen molar-refractivity contribution in [2.75, 3.05) is 0 Å². The molecule has 1 unspecified atom stereocenters. The average Bonchev–Trinajstić information content (AvgIpc) is 2.94. The predicted molar refractivity (Wildman–Crippen MR) is 80.0 cm³/mol. The molecule has 2 nitrogen and oxygen atoms in total. The number of aryl methyl sites for hydroxylation is 1. The Hall–Kier alpha value is -1.39. The fourth-order valence-electron chi connectivity index (χ4n) is 2.29. The van der Waals surface area contributed by atoms with Crippen LogP contribution >= 0.6 is 23.6 Å². The fraction of sp³-hybridized carbons (Fsp3) is 0.214. The molecule has 1 aromatic carbocycles. The Bertz CT molecular complexity index is 735. The summed E-state index contributed by atoms with van der Waals surface area (Å²) in [6.45, 7) is 4.28. The van der Waals surface area contributed by atoms with Crippen molar-refractivity contribution in [3.05, 3.63) is 50.9 Å². The number of H-pyrrole nitrogens is 1. The van der Waals surface area contributed by atoms with E-state index < -0.39 is 0 Å². The van der Waals surface area contributed by atoms with Crippen LogP contribution in [0.4, 0.5) is 0 Å². The van der Waals surface area contributed by atoms with Gasteiger partial charge in [0.25, 0.3) is 0 Å². The van der Waals surface area contributed by atoms with Crippen LogP contribution < -0.4 is 0 Å². The van der Waals surface area contributed by atoms with Crippen molar-refractivity contribution in [3.63, 3.8) is 0 Å². The molecule has 0 aliphatic heterocycles. The van der Waals surface area contributed by atoms with E-state index in [1.54, 1.807) is 11.3 Å². The van der Waals surface area contributed by atoms with E-state index in [4.69, 9.17) is 12.2 Å². The Morgan fingerprint density at radius 2 is 2.17 bits per heavy atom. The highest BCUT2D eigenvalue weighted by Gasteiger charge is 2.13. The first-order valence-corrected chi connectivity index (χ1v) is 7.25. The van der Waals surface area contributed by atoms with Crippen molar-refractivity contribution in [1.29, 1.82) is 0 Å². The molecule has 0 spiro atoms. The van der Waals surface area contributed by atoms with Gasteiger partial charge in [-0.3, -0.25) is 0 Å². The van der Waals surface area contributed by atoms with Gasteiger partial charge in [0, 0.05) is 0 Å². The first-order valence-electron chi connectivity index (χ1n) is 5.90. The highest BCUT2D eigenvalue weighted by Crippen LogP contribution is 2.26. The van der Waals surface area contributed by atoms with Crippen LogP contribution in [0.25, 0.3) is 11.0 Å². The second kappa shape index (κ2) is 4.37. The Morgan fingerprint density at radius 3 is 2.89 bits per heavy atom. The Kier molecular flexibility index (Phi) is 2.84. The molecule has 18 heavy (non-hydrogen) atoms. The number of nitrogens with one attached hydrogen (secondary N) is 1. The molecule has 0 aliphatic rings. The first-order chi connectivity index (χ1) is 8.66. The van der Waals surface area contributed by atoms with Gasteiger partial charge in [0.1, 0.15) is 0 Å². The molecule has 0 saturated heterocycles. The van der Waals surface area contributed by atoms with Gasteiger partial charge in [-0.2, -0.15) is 11.3 Å². The molecular formula is C14H14N2S2. The van der Waals surface area contributed by atoms with Crippen LogP contribution in [0.1, 0.15) is 24.1 Å². The summed E-state index contributed by atoms with van der Waals surface area (Å²) < 4.78 is 2.97. The zero-order valence-corrected chi connectivity index (χ0v) is 11.9. The van der Waals surface area contributed by atoms with Gasteiger partial charge in [0.2, 0.25) is 0 Å². The number of benzene rings is 1. The topological polar surface area (TPSA) is 20.7 Å². The van der Waals surface area contributed by atoms with Crippen molar-refractivity contribution in [2.45, 2.75) is 19.9 Å². The third-order valence-corrected chi connectivity index (χ3v) is 4.29. The number of fused-ring (bicyclic) bond motifs is 1. The highest BCUT2D eigenvalue weighted by molar-refractivity contribution is 7.71. The number of rotatable bonds is 2. The monoisotopic (exact) mass is 274 g/mol. The van der Waals surface area contributed by atoms with Gasteiger partial charge in [-0.05, 0) is 66.2 Å². The first kappa shape index (κ1) is 11.7. The maximum Gasteiger partial charge on any atom is 0.178 e. The average molecular weight is 274 g/mol. The number of thiophene rings is 1. The summed E-state index contributed by atoms with van der Waals surface area (Å²) in [5.74, 6) is 0. The molecule has 0 amide bonds. The second-order valence-electron chi connectivity index (χ2n) is 4.55. The highest BCUT2D eigenvalue weighted by atomic mass is 32.1. The number of hydrogen-bond acceptors (Lipinski definition) is 2. The molecule has 3 rings (SSSR count). The van der Waals surface area contributed by atoms with Crippen LogP contribution in [0.2, 0.25) is 0 Å². The van der Waals surface area contributed by atoms with Crippen molar-refractivity contribution < 1.29 is 0 Å². The molecule has 0 fully saturated rings. The fourth-order valence-corrected chi connectivity index (χ4v) is 3.40. The molecule has 0 bridgehead atoms. The third kappa shape index (κ3) is 1.82. The zero-order chi connectivity index (χ0) is 12.7. The van der Waals surface area contributed by atoms with E-state index in [0.717, 1.165) is 10.3 Å². The summed E-state index contributed by atoms with van der Waals surface area (Å²) in [7, 11) is 0. The maximum atomic E-state index is 5.46. The lowest BCUT2D eigenvalue weighted by Crippen LogP contribution is -2.05. The van der Waals surface area contributed by atoms with Gasteiger partial charge in [0.05, 0.1) is 17.1 Å². The molecule has 2 aromatic heterocycles. The molecule has 0 aliphatic carbocycles. The van der Waals surface area contributed by atoms with E-state index in [2.05, 4.69) is 58.4 Å². The molecule has 1 N–H and O–H groups in total. The summed E-state index contributed by atoms with van der Waals surface area (Å²) >= 11 is 7.18. The second-order valence-corrected chi connectivity index (χ2v) is 5.72. The van der Waals surface area contributed by atoms with Crippen LogP contribution in [0.3, 0.4) is 0 Å². The van der Waals surface area contributed by atoms with E-state index in [9.17, 15) is 0 Å². The van der Waals surface area contributed by atoms with Gasteiger partial charge in [-0.25, -0.2) is 0 Å². The van der Waals surface area contributed by atoms with Crippen LogP contribution in [-0.4, -0.2) is 9.55 Å². The van der Waals surface area contributed by atoms with E-state index in [-0.39, 0.29) is 6.04 Å². The summed E-state index contributed by atoms with van der Waals surface area (Å²) in [5.41, 5.74) is 4.83. The summed E-state index contributed by atoms with van der Waals surface area (Å²) in [6, 6.07) is 8.83. The molecule has 3 aromatic rings. The van der Waals surface area contributed by atoms with Gasteiger partial charge in [0.15, 0.2) is 4.77 Å². The van der Waals surface area contributed by atoms with E-state index in [1.807, 2.05) is 0 Å². The van der Waals surface area contributed by atoms with E-state index in [0.29, 0.717) is 0 Å². The molecule has 1 atom stereocenters. The normalized spacial score (nSPS) is 13.0. The van der Waals surface area contributed by atoms with Crippen LogP contribution in [0, 0.1) is 11.7 Å². The number of aromatic amines is 1. The molecule has 92 valence electrons. The smallest absolute Gasteiger partial charge is 0.178 e. The standard InChI is InChI=1S/C14H14N2S2/c1-9-3-4-13-12(7-9)15-14(17)16(13)10(2)11-5-6-18-8-11/h3-8,10H,1-2H3,(H,15,17). The molecule has 0 radical (unpaired) electrons. The Labute approximate surface area is 115 Å². The van der Waals surface area contributed by atoms with Crippen molar-refractivity contribution in [3.8, 4) is 0 Å². The lowest BCUT2D eigenvalue weighted by Gasteiger charge is -2.13. The molecule has 2 heterocycles. The number of nitrogens with zero attached hydrogens (tertiary/aromatic N) is 1. The largest absolute Gasteiger partial charge is 0.331 e. The molecule has 0 saturated carbocycles. The van der Waals surface area contributed by atoms with Crippen LogP contribution in [-0.2, 0) is 0 Å². The zero-order valence-electron chi connectivity index (χ0n) is 10.3. The van der Waals surface area contributed by atoms with Crippen molar-refractivity contribution in [2.24, 2.45) is 0 Å². The summed E-state index contributed by atoms with van der Waals surface area (Å²) in [6.07, 6.45) is 0. The SMILES string of the molecule is Cc1ccc2c(c1)[nH]c(=S)n2C(C)c1ccsc1. The minimum atomic E-state index is 0.264. The van der Waals surface area contributed by atoms with Gasteiger partial charge in [-0.1, -0.05) is 6.07 Å². The van der Waals surface area contributed by atoms with E-state index in [1.165, 1.54) is 16.6 Å². The maximum absolute atomic E-state index is 5.46. The quantitative estimate of drug-likeness (QED) is 0.673. The van der Waals surface area contributed by atoms with Gasteiger partial charge in [-0.15, -0.1) is 0 Å². The van der Waals surface area contributed by atoms with E-state index >= 15 is 0 Å². The lowest BCUT2D eigenvalue weighted by molar-refractivity contribution is 0.651. The van der Waals surface area contributed by atoms with Crippen molar-refractivity contribution in [1.82, 2.24) is 9.55 Å². The Balaban J connectivity index is 2.23. The minimum Gasteiger partial charge on any atom is -0.331 e. The Morgan fingerprint density at radius 1 is 1.33 bits per heavy atom. The summed E-state index contributed by atoms with van der Waals surface area (Å²) in [4.78, 5) is 3.29. The predicted octanol–water partition coefficient (Wildman–Crippen LogP) is 4.68. The summed E-state index contributed by atoms with van der Waals surface area (Å²) in [5, 5.41) is 4.29. The third-order valence-electron chi connectivity index (χ3n) is 3.28. The van der Waals surface area contributed by atoms with Crippen LogP contribution in [0.15, 0.2) is 35.0 Å². The lowest BCUT2D eigenvalue weighted by atomic mass is 10.1. The number of imidazole rings is 1. The number of hydrogen-bond donors (Lipinski definition) is 1. The minimum absolute atomic E-state index is 0.264. The number of aromatic nitrogens is 2. The van der Waals surface area contributed by atoms with Crippen LogP contribution in [0.5, 0.6) is 0 Å². The molecular weight excluding hydrogens is 260 g/mol. The van der Waals surface area contributed by atoms with Gasteiger partial charge >= 0.3 is 0 Å².